The molecule has 1 heterocycles. The van der Waals surface area contributed by atoms with Gasteiger partial charge in [-0.25, -0.2) is 4.79 Å². The maximum Gasteiger partial charge on any atom is 0.345 e. The summed E-state index contributed by atoms with van der Waals surface area (Å²) in [6, 6.07) is 0. The number of hydrogen-bond donors (Lipinski definition) is 1. The molecule has 96 valence electrons. The molecular weight excluding hydrogens is 246 g/mol. The van der Waals surface area contributed by atoms with Crippen LogP contribution in [0, 0.1) is 0 Å². The fourth-order valence-electron chi connectivity index (χ4n) is 1.27. The maximum absolute atomic E-state index is 11.5. The van der Waals surface area contributed by atoms with Crippen molar-refractivity contribution in [1.29, 1.82) is 0 Å². The normalized spacial score (nSPS) is 17.4. The van der Waals surface area contributed by atoms with Crippen LogP contribution in [-0.2, 0) is 24.0 Å². The van der Waals surface area contributed by atoms with E-state index in [9.17, 15) is 14.4 Å². The van der Waals surface area contributed by atoms with E-state index in [-0.39, 0.29) is 12.8 Å². The summed E-state index contributed by atoms with van der Waals surface area (Å²) in [5, 5.41) is -0.186. The van der Waals surface area contributed by atoms with E-state index in [0.717, 1.165) is 0 Å². The quantitative estimate of drug-likeness (QED) is 0.423. The van der Waals surface area contributed by atoms with E-state index < -0.39 is 23.0 Å². The van der Waals surface area contributed by atoms with E-state index in [0.29, 0.717) is 24.7 Å². The molecule has 0 radical (unpaired) electrons. The first-order valence-electron chi connectivity index (χ1n) is 5.39. The Kier molecular flexibility index (Phi) is 5.43. The highest BCUT2D eigenvalue weighted by Crippen LogP contribution is 2.14. The van der Waals surface area contributed by atoms with Crippen LogP contribution in [0.3, 0.4) is 0 Å². The van der Waals surface area contributed by atoms with Crippen LogP contribution in [0.25, 0.3) is 0 Å². The molecule has 1 atom stereocenters. The van der Waals surface area contributed by atoms with Gasteiger partial charge in [0.05, 0.1) is 0 Å². The van der Waals surface area contributed by atoms with Gasteiger partial charge in [0.15, 0.2) is 0 Å². The van der Waals surface area contributed by atoms with Crippen molar-refractivity contribution in [2.45, 2.75) is 31.4 Å². The first kappa shape index (κ1) is 14.0. The predicted octanol–water partition coefficient (Wildman–Crippen LogP) is 0.319. The smallest absolute Gasteiger partial charge is 0.345 e. The summed E-state index contributed by atoms with van der Waals surface area (Å²) in [4.78, 5) is 38.5. The molecule has 0 bridgehead atoms. The number of thiol groups is 1. The molecule has 1 unspecified atom stereocenters. The maximum atomic E-state index is 11.5. The lowest BCUT2D eigenvalue weighted by Gasteiger charge is -2.15. The molecule has 17 heavy (non-hydrogen) atoms. The van der Waals surface area contributed by atoms with Crippen molar-refractivity contribution < 1.29 is 24.0 Å². The Bertz CT molecular complexity index is 304. The Morgan fingerprint density at radius 2 is 2.00 bits per heavy atom. The van der Waals surface area contributed by atoms with Gasteiger partial charge >= 0.3 is 5.97 Å². The number of hydroxylamine groups is 2. The van der Waals surface area contributed by atoms with Gasteiger partial charge in [0.25, 0.3) is 11.8 Å². The highest BCUT2D eigenvalue weighted by molar-refractivity contribution is 7.81. The summed E-state index contributed by atoms with van der Waals surface area (Å²) in [5.41, 5.74) is 0. The van der Waals surface area contributed by atoms with Crippen LogP contribution in [0.5, 0.6) is 0 Å². The molecule has 1 rings (SSSR count). The third-order valence-corrected chi connectivity index (χ3v) is 2.67. The second-order valence-electron chi connectivity index (χ2n) is 3.49. The SMILES string of the molecule is CCOCCC(S)C(=O)ON1C(=O)CCC1=O. The van der Waals surface area contributed by atoms with Gasteiger partial charge in [-0.3, -0.25) is 9.59 Å². The summed E-state index contributed by atoms with van der Waals surface area (Å²) in [5.74, 6) is -1.70. The van der Waals surface area contributed by atoms with Crippen LogP contribution in [0.4, 0.5) is 0 Å². The number of rotatable bonds is 6. The highest BCUT2D eigenvalue weighted by atomic mass is 32.1. The number of amides is 2. The molecule has 0 spiro atoms. The molecule has 0 aromatic carbocycles. The Morgan fingerprint density at radius 3 is 2.53 bits per heavy atom. The monoisotopic (exact) mass is 261 g/mol. The first-order chi connectivity index (χ1) is 8.06. The minimum absolute atomic E-state index is 0.0856. The molecule has 1 saturated heterocycles. The average molecular weight is 261 g/mol. The number of imide groups is 1. The molecule has 1 aliphatic rings. The van der Waals surface area contributed by atoms with Crippen LogP contribution in [0.1, 0.15) is 26.2 Å². The highest BCUT2D eigenvalue weighted by Gasteiger charge is 2.34. The Hall–Kier alpha value is -1.08. The van der Waals surface area contributed by atoms with Crippen molar-refractivity contribution in [3.05, 3.63) is 0 Å². The first-order valence-corrected chi connectivity index (χ1v) is 5.91. The lowest BCUT2D eigenvalue weighted by atomic mass is 10.3. The van der Waals surface area contributed by atoms with E-state index in [1.165, 1.54) is 0 Å². The van der Waals surface area contributed by atoms with E-state index in [1.54, 1.807) is 0 Å². The Morgan fingerprint density at radius 1 is 1.41 bits per heavy atom. The van der Waals surface area contributed by atoms with Gasteiger partial charge in [-0.1, -0.05) is 0 Å². The van der Waals surface area contributed by atoms with Crippen LogP contribution in [0.15, 0.2) is 0 Å². The van der Waals surface area contributed by atoms with Crippen molar-refractivity contribution in [3.63, 3.8) is 0 Å². The molecular formula is C10H15NO5S. The fourth-order valence-corrected chi connectivity index (χ4v) is 1.42. The van der Waals surface area contributed by atoms with Crippen molar-refractivity contribution >= 4 is 30.4 Å². The molecule has 1 aliphatic heterocycles. The summed E-state index contributed by atoms with van der Waals surface area (Å²) in [6.45, 7) is 2.77. The Labute approximate surface area is 105 Å². The third kappa shape index (κ3) is 4.01. The molecule has 0 aliphatic carbocycles. The van der Waals surface area contributed by atoms with E-state index in [1.807, 2.05) is 6.92 Å². The molecule has 0 aromatic rings. The second-order valence-corrected chi connectivity index (χ2v) is 4.12. The Balaban J connectivity index is 2.37. The third-order valence-electron chi connectivity index (χ3n) is 2.20. The van der Waals surface area contributed by atoms with E-state index in [4.69, 9.17) is 9.57 Å². The molecule has 6 nitrogen and oxygen atoms in total. The number of ether oxygens (including phenoxy) is 1. The zero-order valence-electron chi connectivity index (χ0n) is 9.55. The molecule has 0 saturated carbocycles. The largest absolute Gasteiger partial charge is 0.382 e. The molecule has 0 aromatic heterocycles. The van der Waals surface area contributed by atoms with Gasteiger partial charge < -0.3 is 9.57 Å². The lowest BCUT2D eigenvalue weighted by Crippen LogP contribution is -2.35. The van der Waals surface area contributed by atoms with Crippen LogP contribution in [0.2, 0.25) is 0 Å². The number of carbonyl (C=O) groups is 3. The second kappa shape index (κ2) is 6.61. The predicted molar refractivity (Wildman–Crippen MR) is 61.1 cm³/mol. The number of carbonyl (C=O) groups excluding carboxylic acids is 3. The van der Waals surface area contributed by atoms with Crippen molar-refractivity contribution in [1.82, 2.24) is 5.06 Å². The lowest BCUT2D eigenvalue weighted by molar-refractivity contribution is -0.197. The van der Waals surface area contributed by atoms with Gasteiger partial charge in [0.1, 0.15) is 5.25 Å². The van der Waals surface area contributed by atoms with Gasteiger partial charge in [0, 0.05) is 26.1 Å². The van der Waals surface area contributed by atoms with Crippen LogP contribution in [-0.4, -0.2) is 41.3 Å². The molecule has 7 heteroatoms. The zero-order chi connectivity index (χ0) is 12.8. The summed E-state index contributed by atoms with van der Waals surface area (Å²) in [7, 11) is 0. The summed E-state index contributed by atoms with van der Waals surface area (Å²) in [6.07, 6.45) is 0.538. The minimum atomic E-state index is -0.711. The standard InChI is InChI=1S/C10H15NO5S/c1-2-15-6-5-7(17)10(14)16-11-8(12)3-4-9(11)13/h7,17H,2-6H2,1H3. The van der Waals surface area contributed by atoms with E-state index >= 15 is 0 Å². The number of hydrogen-bond acceptors (Lipinski definition) is 6. The average Bonchev–Trinajstić information content (AvgIpc) is 2.61. The van der Waals surface area contributed by atoms with Gasteiger partial charge in [-0.05, 0) is 13.3 Å². The van der Waals surface area contributed by atoms with Crippen LogP contribution >= 0.6 is 12.6 Å². The van der Waals surface area contributed by atoms with E-state index in [2.05, 4.69) is 12.6 Å². The van der Waals surface area contributed by atoms with Crippen molar-refractivity contribution in [2.75, 3.05) is 13.2 Å². The van der Waals surface area contributed by atoms with Gasteiger partial charge in [-0.15, -0.1) is 5.06 Å². The summed E-state index contributed by atoms with van der Waals surface area (Å²) >= 11 is 4.03. The van der Waals surface area contributed by atoms with Crippen molar-refractivity contribution in [2.24, 2.45) is 0 Å². The number of nitrogens with zero attached hydrogens (tertiary/aromatic N) is 1. The molecule has 1 fully saturated rings. The van der Waals surface area contributed by atoms with Crippen molar-refractivity contribution in [3.8, 4) is 0 Å². The fraction of sp³-hybridized carbons (Fsp3) is 0.700. The minimum Gasteiger partial charge on any atom is -0.382 e. The van der Waals surface area contributed by atoms with Gasteiger partial charge in [0.2, 0.25) is 0 Å². The molecule has 0 N–H and O–H groups in total. The van der Waals surface area contributed by atoms with Crippen LogP contribution < -0.4 is 0 Å². The molecule has 2 amide bonds. The summed E-state index contributed by atoms with van der Waals surface area (Å²) < 4.78 is 5.06. The zero-order valence-corrected chi connectivity index (χ0v) is 10.4. The topological polar surface area (TPSA) is 72.9 Å². The van der Waals surface area contributed by atoms with Gasteiger partial charge in [-0.2, -0.15) is 12.6 Å².